The van der Waals surface area contributed by atoms with E-state index in [1.165, 1.54) is 6.07 Å². The summed E-state index contributed by atoms with van der Waals surface area (Å²) in [6.07, 6.45) is -3.59. The minimum Gasteiger partial charge on any atom is -0.378 e. The Kier molecular flexibility index (Phi) is 4.78. The van der Waals surface area contributed by atoms with Gasteiger partial charge in [0.25, 0.3) is 0 Å². The number of nitrogens with one attached hydrogen (secondary N) is 1. The van der Waals surface area contributed by atoms with Gasteiger partial charge in [-0.15, -0.1) is 0 Å². The molecule has 1 N–H and O–H groups in total. The van der Waals surface area contributed by atoms with Crippen LogP contribution >= 0.6 is 11.6 Å². The lowest BCUT2D eigenvalue weighted by Crippen LogP contribution is -2.11. The first kappa shape index (κ1) is 15.7. The smallest absolute Gasteiger partial charge is 0.378 e. The van der Waals surface area contributed by atoms with Crippen LogP contribution in [0.5, 0.6) is 0 Å². The Balaban J connectivity index is 2.21. The number of hydrogen-bond acceptors (Lipinski definition) is 1. The summed E-state index contributed by atoms with van der Waals surface area (Å²) in [5, 5.41) is 3.77. The van der Waals surface area contributed by atoms with Gasteiger partial charge in [-0.25, -0.2) is 0 Å². The van der Waals surface area contributed by atoms with E-state index in [4.69, 9.17) is 11.6 Å². The fourth-order valence-electron chi connectivity index (χ4n) is 2.10. The number of halogens is 4. The van der Waals surface area contributed by atoms with Crippen LogP contribution in [0.15, 0.2) is 48.5 Å². The van der Waals surface area contributed by atoms with Gasteiger partial charge in [0.05, 0.1) is 11.6 Å². The van der Waals surface area contributed by atoms with Gasteiger partial charge in [-0.3, -0.25) is 0 Å². The highest BCUT2D eigenvalue weighted by Gasteiger charge is 2.30. The van der Waals surface area contributed by atoms with Gasteiger partial charge in [-0.1, -0.05) is 36.7 Å². The van der Waals surface area contributed by atoms with E-state index in [2.05, 4.69) is 5.32 Å². The Morgan fingerprint density at radius 3 is 2.33 bits per heavy atom. The number of alkyl halides is 3. The maximum atomic E-state index is 12.7. The molecule has 1 unspecified atom stereocenters. The molecule has 5 heteroatoms. The number of anilines is 1. The molecule has 0 saturated heterocycles. The molecule has 0 heterocycles. The molecule has 0 radical (unpaired) electrons. The molecule has 0 aromatic heterocycles. The van der Waals surface area contributed by atoms with Crippen LogP contribution in [0.3, 0.4) is 0 Å². The summed E-state index contributed by atoms with van der Waals surface area (Å²) in [5.41, 5.74) is 0.782. The molecule has 0 aliphatic heterocycles. The van der Waals surface area contributed by atoms with Crippen molar-refractivity contribution >= 4 is 17.3 Å². The highest BCUT2D eigenvalue weighted by molar-refractivity contribution is 6.30. The summed E-state index contributed by atoms with van der Waals surface area (Å²) in [6, 6.07) is 12.4. The van der Waals surface area contributed by atoms with Crippen LogP contribution in [-0.2, 0) is 6.18 Å². The maximum absolute atomic E-state index is 12.7. The zero-order valence-corrected chi connectivity index (χ0v) is 12.2. The summed E-state index contributed by atoms with van der Waals surface area (Å²) in [5.74, 6) is 0. The van der Waals surface area contributed by atoms with E-state index in [0.717, 1.165) is 24.1 Å². The SMILES string of the molecule is CCC(Nc1cccc(C(F)(F)F)c1)c1ccc(Cl)cc1. The van der Waals surface area contributed by atoms with Gasteiger partial charge >= 0.3 is 6.18 Å². The van der Waals surface area contributed by atoms with Crippen molar-refractivity contribution in [3.63, 3.8) is 0 Å². The fourth-order valence-corrected chi connectivity index (χ4v) is 2.23. The predicted octanol–water partition coefficient (Wildman–Crippen LogP) is 5.92. The second kappa shape index (κ2) is 6.39. The molecule has 0 fully saturated rings. The topological polar surface area (TPSA) is 12.0 Å². The minimum absolute atomic E-state index is 0.0641. The molecule has 1 nitrogen and oxygen atoms in total. The normalized spacial score (nSPS) is 13.0. The van der Waals surface area contributed by atoms with Crippen molar-refractivity contribution in [2.75, 3.05) is 5.32 Å². The highest BCUT2D eigenvalue weighted by atomic mass is 35.5. The van der Waals surface area contributed by atoms with Gasteiger partial charge in [0, 0.05) is 10.7 Å². The predicted molar refractivity (Wildman–Crippen MR) is 79.6 cm³/mol. The average molecular weight is 314 g/mol. The van der Waals surface area contributed by atoms with Crippen molar-refractivity contribution < 1.29 is 13.2 Å². The van der Waals surface area contributed by atoms with Crippen LogP contribution < -0.4 is 5.32 Å². The van der Waals surface area contributed by atoms with Crippen molar-refractivity contribution in [3.05, 3.63) is 64.7 Å². The largest absolute Gasteiger partial charge is 0.416 e. The van der Waals surface area contributed by atoms with Gasteiger partial charge in [-0.05, 0) is 42.3 Å². The molecular formula is C16H15ClF3N. The van der Waals surface area contributed by atoms with E-state index in [9.17, 15) is 13.2 Å². The van der Waals surface area contributed by atoms with Crippen molar-refractivity contribution in [1.29, 1.82) is 0 Å². The number of rotatable bonds is 4. The van der Waals surface area contributed by atoms with Crippen LogP contribution in [-0.4, -0.2) is 0 Å². The van der Waals surface area contributed by atoms with Gasteiger partial charge in [0.1, 0.15) is 0 Å². The second-order valence-electron chi connectivity index (χ2n) is 4.74. The Hall–Kier alpha value is -1.68. The lowest BCUT2D eigenvalue weighted by atomic mass is 10.0. The minimum atomic E-state index is -4.33. The molecule has 0 aliphatic carbocycles. The van der Waals surface area contributed by atoms with Gasteiger partial charge in [0.15, 0.2) is 0 Å². The Morgan fingerprint density at radius 1 is 1.10 bits per heavy atom. The van der Waals surface area contributed by atoms with Crippen LogP contribution in [0.25, 0.3) is 0 Å². The molecule has 1 atom stereocenters. The molecule has 2 aromatic rings. The van der Waals surface area contributed by atoms with Crippen molar-refractivity contribution in [1.82, 2.24) is 0 Å². The third-order valence-corrected chi connectivity index (χ3v) is 3.46. The Bertz CT molecular complexity index is 593. The first-order valence-corrected chi connectivity index (χ1v) is 6.97. The van der Waals surface area contributed by atoms with E-state index in [-0.39, 0.29) is 6.04 Å². The van der Waals surface area contributed by atoms with Crippen molar-refractivity contribution in [2.45, 2.75) is 25.6 Å². The summed E-state index contributed by atoms with van der Waals surface area (Å²) in [7, 11) is 0. The highest BCUT2D eigenvalue weighted by Crippen LogP contribution is 2.32. The summed E-state index contributed by atoms with van der Waals surface area (Å²) < 4.78 is 38.1. The zero-order chi connectivity index (χ0) is 15.5. The van der Waals surface area contributed by atoms with Crippen LogP contribution in [0, 0.1) is 0 Å². The Labute approximate surface area is 126 Å². The summed E-state index contributed by atoms with van der Waals surface area (Å²) in [4.78, 5) is 0. The summed E-state index contributed by atoms with van der Waals surface area (Å²) >= 11 is 5.85. The van der Waals surface area contributed by atoms with E-state index in [0.29, 0.717) is 10.7 Å². The quantitative estimate of drug-likeness (QED) is 0.738. The fraction of sp³-hybridized carbons (Fsp3) is 0.250. The molecule has 112 valence electrons. The standard InChI is InChI=1S/C16H15ClF3N/c1-2-15(11-6-8-13(17)9-7-11)21-14-5-3-4-12(10-14)16(18,19)20/h3-10,15,21H,2H2,1H3. The van der Waals surface area contributed by atoms with Crippen LogP contribution in [0.4, 0.5) is 18.9 Å². The molecule has 2 rings (SSSR count). The first-order valence-electron chi connectivity index (χ1n) is 6.59. The molecular weight excluding hydrogens is 299 g/mol. The number of hydrogen-bond donors (Lipinski definition) is 1. The van der Waals surface area contributed by atoms with E-state index in [1.807, 2.05) is 19.1 Å². The van der Waals surface area contributed by atoms with Gasteiger partial charge in [0.2, 0.25) is 0 Å². The average Bonchev–Trinajstić information content (AvgIpc) is 2.45. The van der Waals surface area contributed by atoms with Crippen LogP contribution in [0.1, 0.15) is 30.5 Å². The second-order valence-corrected chi connectivity index (χ2v) is 5.17. The third kappa shape index (κ3) is 4.14. The Morgan fingerprint density at radius 2 is 1.76 bits per heavy atom. The monoisotopic (exact) mass is 313 g/mol. The maximum Gasteiger partial charge on any atom is 0.416 e. The molecule has 0 bridgehead atoms. The summed E-state index contributed by atoms with van der Waals surface area (Å²) in [6.45, 7) is 1.97. The lowest BCUT2D eigenvalue weighted by Gasteiger charge is -2.19. The van der Waals surface area contributed by atoms with Crippen molar-refractivity contribution in [2.24, 2.45) is 0 Å². The zero-order valence-electron chi connectivity index (χ0n) is 11.4. The first-order chi connectivity index (χ1) is 9.90. The number of benzene rings is 2. The lowest BCUT2D eigenvalue weighted by molar-refractivity contribution is -0.137. The van der Waals surface area contributed by atoms with Gasteiger partial charge in [-0.2, -0.15) is 13.2 Å². The van der Waals surface area contributed by atoms with E-state index in [1.54, 1.807) is 18.2 Å². The molecule has 0 aliphatic rings. The molecule has 0 spiro atoms. The van der Waals surface area contributed by atoms with E-state index >= 15 is 0 Å². The third-order valence-electron chi connectivity index (χ3n) is 3.21. The van der Waals surface area contributed by atoms with Gasteiger partial charge < -0.3 is 5.32 Å². The molecule has 0 saturated carbocycles. The molecule has 2 aromatic carbocycles. The molecule has 0 amide bonds. The van der Waals surface area contributed by atoms with E-state index < -0.39 is 11.7 Å². The molecule has 21 heavy (non-hydrogen) atoms. The van der Waals surface area contributed by atoms with Crippen LogP contribution in [0.2, 0.25) is 5.02 Å². The van der Waals surface area contributed by atoms with Crippen molar-refractivity contribution in [3.8, 4) is 0 Å².